The van der Waals surface area contributed by atoms with Gasteiger partial charge in [-0.25, -0.2) is 8.78 Å². The van der Waals surface area contributed by atoms with Crippen molar-refractivity contribution < 1.29 is 23.0 Å². The van der Waals surface area contributed by atoms with E-state index in [-0.39, 0.29) is 31.7 Å². The third-order valence-electron chi connectivity index (χ3n) is 3.16. The van der Waals surface area contributed by atoms with E-state index in [4.69, 9.17) is 15.2 Å². The minimum Gasteiger partial charge on any atom is -0.465 e. The lowest BCUT2D eigenvalue weighted by molar-refractivity contribution is -0.150. The molecule has 1 atom stereocenters. The summed E-state index contributed by atoms with van der Waals surface area (Å²) in [6, 6.07) is 2.94. The topological polar surface area (TPSA) is 61.5 Å². The summed E-state index contributed by atoms with van der Waals surface area (Å²) in [6.45, 7) is 1.90. The first-order valence-electron chi connectivity index (χ1n) is 6.33. The van der Waals surface area contributed by atoms with Gasteiger partial charge < -0.3 is 15.2 Å². The maximum Gasteiger partial charge on any atom is 0.317 e. The van der Waals surface area contributed by atoms with Crippen LogP contribution in [0.4, 0.5) is 8.78 Å². The molecule has 1 aromatic rings. The molecular formula is C14H19F2NO3. The normalized spacial score (nSPS) is 13.8. The van der Waals surface area contributed by atoms with Gasteiger partial charge in [0.15, 0.2) is 0 Å². The average molecular weight is 287 g/mol. The number of benzene rings is 1. The number of methoxy groups -OCH3 is 1. The number of halogens is 2. The lowest BCUT2D eigenvalue weighted by atomic mass is 9.77. The van der Waals surface area contributed by atoms with E-state index < -0.39 is 23.0 Å². The molecule has 6 heteroatoms. The van der Waals surface area contributed by atoms with Gasteiger partial charge in [0.1, 0.15) is 17.0 Å². The minimum absolute atomic E-state index is 0.127. The molecule has 0 fully saturated rings. The molecule has 4 nitrogen and oxygen atoms in total. The molecule has 0 spiro atoms. The first-order chi connectivity index (χ1) is 9.50. The average Bonchev–Trinajstić information content (AvgIpc) is 2.39. The summed E-state index contributed by atoms with van der Waals surface area (Å²) in [6.07, 6.45) is 0.182. The van der Waals surface area contributed by atoms with E-state index in [1.165, 1.54) is 7.11 Å². The molecule has 1 rings (SSSR count). The van der Waals surface area contributed by atoms with Crippen LogP contribution in [-0.4, -0.2) is 32.8 Å². The van der Waals surface area contributed by atoms with Crippen molar-refractivity contribution in [2.75, 3.05) is 26.9 Å². The number of hydrogen-bond donors (Lipinski definition) is 1. The van der Waals surface area contributed by atoms with Crippen molar-refractivity contribution in [3.05, 3.63) is 35.4 Å². The van der Waals surface area contributed by atoms with Crippen LogP contribution >= 0.6 is 0 Å². The van der Waals surface area contributed by atoms with E-state index >= 15 is 0 Å². The van der Waals surface area contributed by atoms with Gasteiger partial charge in [-0.05, 0) is 31.0 Å². The van der Waals surface area contributed by atoms with Crippen LogP contribution in [0.2, 0.25) is 0 Å². The third kappa shape index (κ3) is 3.52. The van der Waals surface area contributed by atoms with Gasteiger partial charge in [-0.2, -0.15) is 0 Å². The maximum atomic E-state index is 13.4. The van der Waals surface area contributed by atoms with Crippen molar-refractivity contribution in [2.45, 2.75) is 18.8 Å². The Hall–Kier alpha value is -1.53. The number of hydrogen-bond acceptors (Lipinski definition) is 4. The van der Waals surface area contributed by atoms with Gasteiger partial charge in [0.2, 0.25) is 0 Å². The van der Waals surface area contributed by atoms with Gasteiger partial charge in [-0.1, -0.05) is 0 Å². The Labute approximate surface area is 116 Å². The summed E-state index contributed by atoms with van der Waals surface area (Å²) in [7, 11) is 1.47. The van der Waals surface area contributed by atoms with Crippen molar-refractivity contribution in [1.29, 1.82) is 0 Å². The molecule has 112 valence electrons. The van der Waals surface area contributed by atoms with Crippen LogP contribution in [0.1, 0.15) is 18.9 Å². The second-order valence-electron chi connectivity index (χ2n) is 4.41. The van der Waals surface area contributed by atoms with E-state index in [1.54, 1.807) is 6.92 Å². The lowest BCUT2D eigenvalue weighted by Crippen LogP contribution is -2.45. The van der Waals surface area contributed by atoms with Gasteiger partial charge >= 0.3 is 5.97 Å². The lowest BCUT2D eigenvalue weighted by Gasteiger charge is -2.30. The highest BCUT2D eigenvalue weighted by atomic mass is 19.1. The molecule has 0 amide bonds. The fourth-order valence-corrected chi connectivity index (χ4v) is 2.04. The molecule has 20 heavy (non-hydrogen) atoms. The number of nitrogens with two attached hydrogens (primary N) is 1. The van der Waals surface area contributed by atoms with Crippen LogP contribution in [0.15, 0.2) is 18.2 Å². The van der Waals surface area contributed by atoms with Crippen LogP contribution < -0.4 is 5.73 Å². The van der Waals surface area contributed by atoms with Crippen molar-refractivity contribution in [3.63, 3.8) is 0 Å². The number of esters is 1. The van der Waals surface area contributed by atoms with E-state index in [2.05, 4.69) is 0 Å². The van der Waals surface area contributed by atoms with Gasteiger partial charge in [-0.15, -0.1) is 0 Å². The first kappa shape index (κ1) is 16.5. The van der Waals surface area contributed by atoms with Crippen LogP contribution in [0, 0.1) is 11.6 Å². The van der Waals surface area contributed by atoms with Crippen molar-refractivity contribution in [3.8, 4) is 0 Å². The summed E-state index contributed by atoms with van der Waals surface area (Å²) in [5.41, 5.74) is 4.56. The van der Waals surface area contributed by atoms with Crippen LogP contribution in [0.3, 0.4) is 0 Å². The van der Waals surface area contributed by atoms with E-state index in [0.29, 0.717) is 0 Å². The Bertz CT molecular complexity index is 447. The van der Waals surface area contributed by atoms with Crippen LogP contribution in [-0.2, 0) is 19.7 Å². The van der Waals surface area contributed by atoms with Gasteiger partial charge in [0, 0.05) is 26.3 Å². The maximum absolute atomic E-state index is 13.4. The summed E-state index contributed by atoms with van der Waals surface area (Å²) in [4.78, 5) is 12.2. The molecule has 0 saturated heterocycles. The predicted octanol–water partition coefficient (Wildman–Crippen LogP) is 1.76. The molecule has 1 aromatic carbocycles. The number of rotatable bonds is 7. The Morgan fingerprint density at radius 2 is 1.90 bits per heavy atom. The highest BCUT2D eigenvalue weighted by Gasteiger charge is 2.41. The van der Waals surface area contributed by atoms with Gasteiger partial charge in [0.25, 0.3) is 0 Å². The smallest absolute Gasteiger partial charge is 0.317 e. The van der Waals surface area contributed by atoms with Crippen LogP contribution in [0.5, 0.6) is 0 Å². The Kier molecular flexibility index (Phi) is 6.04. The summed E-state index contributed by atoms with van der Waals surface area (Å²) in [5, 5.41) is 0. The van der Waals surface area contributed by atoms with Crippen molar-refractivity contribution in [1.82, 2.24) is 0 Å². The third-order valence-corrected chi connectivity index (χ3v) is 3.16. The van der Waals surface area contributed by atoms with Crippen LogP contribution in [0.25, 0.3) is 0 Å². The van der Waals surface area contributed by atoms with E-state index in [1.807, 2.05) is 0 Å². The zero-order chi connectivity index (χ0) is 15.2. The van der Waals surface area contributed by atoms with Crippen molar-refractivity contribution in [2.24, 2.45) is 5.73 Å². The van der Waals surface area contributed by atoms with Gasteiger partial charge in [-0.3, -0.25) is 4.79 Å². The monoisotopic (exact) mass is 287 g/mol. The Morgan fingerprint density at radius 1 is 1.30 bits per heavy atom. The highest BCUT2D eigenvalue weighted by Crippen LogP contribution is 2.30. The van der Waals surface area contributed by atoms with E-state index in [9.17, 15) is 13.6 Å². The zero-order valence-electron chi connectivity index (χ0n) is 11.6. The molecule has 0 aliphatic heterocycles. The molecule has 1 unspecified atom stereocenters. The van der Waals surface area contributed by atoms with Crippen molar-refractivity contribution >= 4 is 5.97 Å². The molecule has 0 aliphatic rings. The van der Waals surface area contributed by atoms with Gasteiger partial charge in [0.05, 0.1) is 6.61 Å². The second kappa shape index (κ2) is 7.31. The quantitative estimate of drug-likeness (QED) is 0.776. The highest BCUT2D eigenvalue weighted by molar-refractivity contribution is 5.83. The fourth-order valence-electron chi connectivity index (χ4n) is 2.04. The molecule has 0 saturated carbocycles. The zero-order valence-corrected chi connectivity index (χ0v) is 11.6. The van der Waals surface area contributed by atoms with E-state index in [0.717, 1.165) is 18.2 Å². The summed E-state index contributed by atoms with van der Waals surface area (Å²) >= 11 is 0. The molecular weight excluding hydrogens is 268 g/mol. The Morgan fingerprint density at radius 3 is 2.35 bits per heavy atom. The predicted molar refractivity (Wildman–Crippen MR) is 70.2 cm³/mol. The molecule has 0 radical (unpaired) electrons. The molecule has 0 bridgehead atoms. The molecule has 0 heterocycles. The SMILES string of the molecule is CCOC(=O)C(CN)(CCOC)c1cc(F)cc(F)c1. The Balaban J connectivity index is 3.29. The molecule has 0 aliphatic carbocycles. The minimum atomic E-state index is -1.31. The number of carbonyl (C=O) groups is 1. The summed E-state index contributed by atoms with van der Waals surface area (Å²) in [5.74, 6) is -2.14. The summed E-state index contributed by atoms with van der Waals surface area (Å²) < 4.78 is 36.8. The number of carbonyl (C=O) groups excluding carboxylic acids is 1. The number of ether oxygens (including phenoxy) is 2. The fraction of sp³-hybridized carbons (Fsp3) is 0.500. The second-order valence-corrected chi connectivity index (χ2v) is 4.41. The first-order valence-corrected chi connectivity index (χ1v) is 6.33. The molecule has 2 N–H and O–H groups in total. The largest absolute Gasteiger partial charge is 0.465 e. The molecule has 0 aromatic heterocycles. The standard InChI is InChI=1S/C14H19F2NO3/c1-3-20-13(18)14(9-17,4-5-19-2)10-6-11(15)8-12(16)7-10/h6-8H,3-5,9,17H2,1-2H3.